The Hall–Kier alpha value is -1.96. The summed E-state index contributed by atoms with van der Waals surface area (Å²) in [5, 5.41) is 2.67. The van der Waals surface area contributed by atoms with Gasteiger partial charge in [-0.25, -0.2) is 0 Å². The highest BCUT2D eigenvalue weighted by Gasteiger charge is 2.32. The van der Waals surface area contributed by atoms with Crippen LogP contribution in [0.3, 0.4) is 0 Å². The van der Waals surface area contributed by atoms with Gasteiger partial charge >= 0.3 is 6.36 Å². The number of carbonyl (C=O) groups excluding carboxylic acids is 1. The Morgan fingerprint density at radius 3 is 2.57 bits per heavy atom. The number of benzene rings is 1. The van der Waals surface area contributed by atoms with E-state index in [-0.39, 0.29) is 17.2 Å². The lowest BCUT2D eigenvalue weighted by atomic mass is 10.1. The third kappa shape index (κ3) is 6.35. The van der Waals surface area contributed by atoms with E-state index in [0.717, 1.165) is 25.1 Å². The van der Waals surface area contributed by atoms with E-state index in [1.807, 2.05) is 19.0 Å². The second kappa shape index (κ2) is 7.16. The predicted molar refractivity (Wildman–Crippen MR) is 73.0 cm³/mol. The lowest BCUT2D eigenvalue weighted by molar-refractivity contribution is -0.274. The molecule has 0 radical (unpaired) electrons. The summed E-state index contributed by atoms with van der Waals surface area (Å²) >= 11 is 0. The van der Waals surface area contributed by atoms with Gasteiger partial charge in [-0.2, -0.15) is 0 Å². The number of nitrogen functional groups attached to an aromatic ring is 1. The van der Waals surface area contributed by atoms with Crippen molar-refractivity contribution < 1.29 is 22.7 Å². The summed E-state index contributed by atoms with van der Waals surface area (Å²) in [6.45, 7) is 1.29. The monoisotopic (exact) mass is 305 g/mol. The van der Waals surface area contributed by atoms with Crippen LogP contribution < -0.4 is 15.8 Å². The fourth-order valence-electron chi connectivity index (χ4n) is 1.61. The lowest BCUT2D eigenvalue weighted by Gasteiger charge is -2.12. The zero-order valence-electron chi connectivity index (χ0n) is 11.8. The summed E-state index contributed by atoms with van der Waals surface area (Å²) < 4.78 is 40.0. The van der Waals surface area contributed by atoms with Crippen molar-refractivity contribution in [3.8, 4) is 5.75 Å². The minimum atomic E-state index is -4.82. The van der Waals surface area contributed by atoms with Crippen LogP contribution >= 0.6 is 0 Å². The number of ether oxygens (including phenoxy) is 1. The standard InChI is InChI=1S/C13H18F3N3O2/c1-19(2)7-3-6-18-12(20)9-4-5-11(10(17)8-9)21-13(14,15)16/h4-5,8H,3,6-7,17H2,1-2H3,(H,18,20). The van der Waals surface area contributed by atoms with E-state index in [4.69, 9.17) is 5.73 Å². The smallest absolute Gasteiger partial charge is 0.404 e. The van der Waals surface area contributed by atoms with Gasteiger partial charge in [-0.15, -0.1) is 13.2 Å². The van der Waals surface area contributed by atoms with Crippen LogP contribution in [0.4, 0.5) is 18.9 Å². The number of halogens is 3. The van der Waals surface area contributed by atoms with Gasteiger partial charge in [-0.05, 0) is 45.3 Å². The molecule has 5 nitrogen and oxygen atoms in total. The van der Waals surface area contributed by atoms with Crippen molar-refractivity contribution in [1.82, 2.24) is 10.2 Å². The molecule has 0 atom stereocenters. The molecular weight excluding hydrogens is 287 g/mol. The molecule has 0 spiro atoms. The first kappa shape index (κ1) is 17.1. The average Bonchev–Trinajstić information content (AvgIpc) is 2.35. The molecule has 0 fully saturated rings. The Morgan fingerprint density at radius 1 is 1.38 bits per heavy atom. The summed E-state index contributed by atoms with van der Waals surface area (Å²) in [5.74, 6) is -0.911. The van der Waals surface area contributed by atoms with E-state index < -0.39 is 12.1 Å². The van der Waals surface area contributed by atoms with Gasteiger partial charge in [0.05, 0.1) is 5.69 Å². The van der Waals surface area contributed by atoms with E-state index in [0.29, 0.717) is 6.54 Å². The summed E-state index contributed by atoms with van der Waals surface area (Å²) in [4.78, 5) is 13.8. The molecule has 1 aromatic rings. The molecule has 0 bridgehead atoms. The van der Waals surface area contributed by atoms with Crippen LogP contribution in [0.5, 0.6) is 5.75 Å². The van der Waals surface area contributed by atoms with Crippen molar-refractivity contribution >= 4 is 11.6 Å². The summed E-state index contributed by atoms with van der Waals surface area (Å²) in [5.41, 5.74) is 5.39. The molecule has 0 aliphatic rings. The summed E-state index contributed by atoms with van der Waals surface area (Å²) in [7, 11) is 3.84. The van der Waals surface area contributed by atoms with Gasteiger partial charge in [0.15, 0.2) is 5.75 Å². The molecule has 21 heavy (non-hydrogen) atoms. The Balaban J connectivity index is 2.60. The van der Waals surface area contributed by atoms with Gasteiger partial charge in [0.2, 0.25) is 0 Å². The van der Waals surface area contributed by atoms with Gasteiger partial charge in [-0.1, -0.05) is 0 Å². The van der Waals surface area contributed by atoms with Gasteiger partial charge in [0.1, 0.15) is 0 Å². The molecule has 3 N–H and O–H groups in total. The molecule has 0 unspecified atom stereocenters. The van der Waals surface area contributed by atoms with Crippen LogP contribution in [0.1, 0.15) is 16.8 Å². The maximum Gasteiger partial charge on any atom is 0.573 e. The molecule has 1 amide bonds. The van der Waals surface area contributed by atoms with Crippen LogP contribution in [0.25, 0.3) is 0 Å². The van der Waals surface area contributed by atoms with E-state index in [9.17, 15) is 18.0 Å². The Bertz CT molecular complexity index is 490. The molecule has 0 heterocycles. The minimum Gasteiger partial charge on any atom is -0.404 e. The molecule has 0 aliphatic heterocycles. The number of carbonyl (C=O) groups is 1. The number of rotatable bonds is 6. The number of alkyl halides is 3. The Labute approximate surface area is 120 Å². The fraction of sp³-hybridized carbons (Fsp3) is 0.462. The fourth-order valence-corrected chi connectivity index (χ4v) is 1.61. The normalized spacial score (nSPS) is 11.5. The van der Waals surface area contributed by atoms with E-state index in [1.165, 1.54) is 6.07 Å². The third-order valence-corrected chi connectivity index (χ3v) is 2.57. The molecule has 1 rings (SSSR count). The van der Waals surface area contributed by atoms with Crippen molar-refractivity contribution in [2.75, 3.05) is 32.9 Å². The van der Waals surface area contributed by atoms with Crippen molar-refractivity contribution in [3.63, 3.8) is 0 Å². The molecule has 8 heteroatoms. The molecule has 1 aromatic carbocycles. The van der Waals surface area contributed by atoms with Gasteiger partial charge < -0.3 is 20.7 Å². The first-order valence-corrected chi connectivity index (χ1v) is 6.27. The molecule has 0 saturated carbocycles. The highest BCUT2D eigenvalue weighted by Crippen LogP contribution is 2.28. The van der Waals surface area contributed by atoms with Crippen LogP contribution in [0, 0.1) is 0 Å². The number of amides is 1. The topological polar surface area (TPSA) is 67.6 Å². The van der Waals surface area contributed by atoms with Gasteiger partial charge in [0, 0.05) is 12.1 Å². The Kier molecular flexibility index (Phi) is 5.83. The first-order chi connectivity index (χ1) is 9.69. The highest BCUT2D eigenvalue weighted by atomic mass is 19.4. The van der Waals surface area contributed by atoms with Crippen LogP contribution in [-0.4, -0.2) is 44.4 Å². The zero-order valence-corrected chi connectivity index (χ0v) is 11.8. The minimum absolute atomic E-state index is 0.187. The Morgan fingerprint density at radius 2 is 2.05 bits per heavy atom. The average molecular weight is 305 g/mol. The number of hydrogen-bond donors (Lipinski definition) is 2. The SMILES string of the molecule is CN(C)CCCNC(=O)c1ccc(OC(F)(F)F)c(N)c1. The predicted octanol–water partition coefficient (Wildman–Crippen LogP) is 1.85. The number of anilines is 1. The summed E-state index contributed by atoms with van der Waals surface area (Å²) in [6, 6.07) is 3.42. The molecule has 0 aliphatic carbocycles. The van der Waals surface area contributed by atoms with Crippen LogP contribution in [0.15, 0.2) is 18.2 Å². The van der Waals surface area contributed by atoms with Crippen molar-refractivity contribution in [2.45, 2.75) is 12.8 Å². The molecule has 0 aromatic heterocycles. The third-order valence-electron chi connectivity index (χ3n) is 2.57. The number of nitrogens with zero attached hydrogens (tertiary/aromatic N) is 1. The van der Waals surface area contributed by atoms with Crippen molar-refractivity contribution in [1.29, 1.82) is 0 Å². The van der Waals surface area contributed by atoms with Gasteiger partial charge in [-0.3, -0.25) is 4.79 Å². The van der Waals surface area contributed by atoms with E-state index in [2.05, 4.69) is 10.1 Å². The molecule has 0 saturated heterocycles. The molecule has 118 valence electrons. The number of hydrogen-bond acceptors (Lipinski definition) is 4. The number of nitrogens with one attached hydrogen (secondary N) is 1. The largest absolute Gasteiger partial charge is 0.573 e. The van der Waals surface area contributed by atoms with Crippen molar-refractivity contribution in [3.05, 3.63) is 23.8 Å². The number of nitrogens with two attached hydrogens (primary N) is 1. The van der Waals surface area contributed by atoms with E-state index in [1.54, 1.807) is 0 Å². The van der Waals surface area contributed by atoms with Crippen LogP contribution in [0.2, 0.25) is 0 Å². The second-order valence-corrected chi connectivity index (χ2v) is 4.71. The first-order valence-electron chi connectivity index (χ1n) is 6.27. The molecular formula is C13H18F3N3O2. The second-order valence-electron chi connectivity index (χ2n) is 4.71. The van der Waals surface area contributed by atoms with Crippen LogP contribution in [-0.2, 0) is 0 Å². The highest BCUT2D eigenvalue weighted by molar-refractivity contribution is 5.95. The van der Waals surface area contributed by atoms with Gasteiger partial charge in [0.25, 0.3) is 5.91 Å². The summed E-state index contributed by atoms with van der Waals surface area (Å²) in [6.07, 6.45) is -4.05. The van der Waals surface area contributed by atoms with Crippen molar-refractivity contribution in [2.24, 2.45) is 0 Å². The quantitative estimate of drug-likeness (QED) is 0.622. The van der Waals surface area contributed by atoms with E-state index >= 15 is 0 Å². The maximum absolute atomic E-state index is 12.1. The maximum atomic E-state index is 12.1. The lowest BCUT2D eigenvalue weighted by Crippen LogP contribution is -2.27. The zero-order chi connectivity index (χ0) is 16.0.